The van der Waals surface area contributed by atoms with Gasteiger partial charge in [0.25, 0.3) is 0 Å². The largest absolute Gasteiger partial charge is 0.340 e. The van der Waals surface area contributed by atoms with Crippen LogP contribution in [0.15, 0.2) is 29.3 Å². The van der Waals surface area contributed by atoms with E-state index in [2.05, 4.69) is 53.5 Å². The van der Waals surface area contributed by atoms with Gasteiger partial charge in [0.1, 0.15) is 5.82 Å². The van der Waals surface area contributed by atoms with Crippen molar-refractivity contribution in [2.45, 2.75) is 19.9 Å². The van der Waals surface area contributed by atoms with E-state index in [0.717, 1.165) is 36.5 Å². The lowest BCUT2D eigenvalue weighted by molar-refractivity contribution is 0.348. The Hall–Kier alpha value is -1.43. The average molecular weight is 322 g/mol. The Balaban J connectivity index is 1.57. The van der Waals surface area contributed by atoms with Crippen LogP contribution in [0.25, 0.3) is 0 Å². The van der Waals surface area contributed by atoms with E-state index in [1.807, 2.05) is 6.20 Å². The van der Waals surface area contributed by atoms with Gasteiger partial charge < -0.3 is 9.47 Å². The lowest BCUT2D eigenvalue weighted by atomic mass is 10.0. The fraction of sp³-hybridized carbons (Fsp3) is 0.462. The summed E-state index contributed by atoms with van der Waals surface area (Å²) in [6.45, 7) is 5.21. The van der Waals surface area contributed by atoms with Gasteiger partial charge in [-0.05, 0) is 15.9 Å². The first-order chi connectivity index (χ1) is 9.26. The van der Waals surface area contributed by atoms with Crippen molar-refractivity contribution >= 4 is 21.9 Å². The van der Waals surface area contributed by atoms with Crippen molar-refractivity contribution in [1.29, 1.82) is 0 Å². The van der Waals surface area contributed by atoms with E-state index in [9.17, 15) is 0 Å². The molecule has 19 heavy (non-hydrogen) atoms. The molecule has 3 heterocycles. The van der Waals surface area contributed by atoms with Crippen molar-refractivity contribution in [3.05, 3.63) is 35.1 Å². The molecule has 1 aliphatic heterocycles. The minimum Gasteiger partial charge on any atom is -0.340 e. The van der Waals surface area contributed by atoms with Crippen LogP contribution in [0.1, 0.15) is 12.7 Å². The number of aryl methyl sites for hydroxylation is 1. The zero-order chi connectivity index (χ0) is 13.2. The number of rotatable bonds is 4. The van der Waals surface area contributed by atoms with Crippen LogP contribution in [0.2, 0.25) is 0 Å². The fourth-order valence-electron chi connectivity index (χ4n) is 2.42. The van der Waals surface area contributed by atoms with Gasteiger partial charge in [-0.15, -0.1) is 0 Å². The maximum absolute atomic E-state index is 4.35. The highest BCUT2D eigenvalue weighted by Crippen LogP contribution is 2.23. The summed E-state index contributed by atoms with van der Waals surface area (Å²) in [6, 6.07) is 0. The molecule has 0 atom stereocenters. The van der Waals surface area contributed by atoms with Crippen molar-refractivity contribution in [3.8, 4) is 0 Å². The van der Waals surface area contributed by atoms with E-state index >= 15 is 0 Å². The second kappa shape index (κ2) is 5.28. The van der Waals surface area contributed by atoms with Crippen LogP contribution in [-0.2, 0) is 13.0 Å². The van der Waals surface area contributed by atoms with Gasteiger partial charge in [0, 0.05) is 56.8 Å². The van der Waals surface area contributed by atoms with Crippen molar-refractivity contribution in [2.24, 2.45) is 5.92 Å². The summed E-state index contributed by atoms with van der Waals surface area (Å²) < 4.78 is 3.17. The van der Waals surface area contributed by atoms with Gasteiger partial charge in [-0.2, -0.15) is 0 Å². The topological polar surface area (TPSA) is 46.8 Å². The Bertz CT molecular complexity index is 544. The molecule has 0 amide bonds. The third-order valence-corrected chi connectivity index (χ3v) is 3.83. The molecular weight excluding hydrogens is 306 g/mol. The Morgan fingerprint density at radius 2 is 2.00 bits per heavy atom. The summed E-state index contributed by atoms with van der Waals surface area (Å²) >= 11 is 3.35. The highest BCUT2D eigenvalue weighted by atomic mass is 79.9. The molecule has 2 aromatic heterocycles. The second-order valence-corrected chi connectivity index (χ2v) is 5.74. The van der Waals surface area contributed by atoms with Gasteiger partial charge >= 0.3 is 0 Å². The Kier molecular flexibility index (Phi) is 3.50. The van der Waals surface area contributed by atoms with Crippen LogP contribution in [0.5, 0.6) is 0 Å². The first-order valence-corrected chi connectivity index (χ1v) is 7.28. The molecule has 0 aromatic carbocycles. The van der Waals surface area contributed by atoms with E-state index in [-0.39, 0.29) is 0 Å². The predicted octanol–water partition coefficient (Wildman–Crippen LogP) is 2.13. The third-order valence-electron chi connectivity index (χ3n) is 3.42. The Morgan fingerprint density at radius 1 is 1.26 bits per heavy atom. The fourth-order valence-corrected chi connectivity index (χ4v) is 2.62. The first-order valence-electron chi connectivity index (χ1n) is 6.48. The molecule has 100 valence electrons. The van der Waals surface area contributed by atoms with Crippen LogP contribution >= 0.6 is 15.9 Å². The third kappa shape index (κ3) is 2.63. The molecule has 5 nitrogen and oxygen atoms in total. The molecular formula is C13H16BrN5. The number of halogens is 1. The van der Waals surface area contributed by atoms with Crippen molar-refractivity contribution in [2.75, 3.05) is 18.0 Å². The van der Waals surface area contributed by atoms with Crippen LogP contribution < -0.4 is 4.90 Å². The summed E-state index contributed by atoms with van der Waals surface area (Å²) in [7, 11) is 0. The van der Waals surface area contributed by atoms with Crippen LogP contribution in [-0.4, -0.2) is 32.6 Å². The molecule has 6 heteroatoms. The van der Waals surface area contributed by atoms with Gasteiger partial charge in [0.2, 0.25) is 5.95 Å². The number of nitrogens with zero attached hydrogens (tertiary/aromatic N) is 5. The summed E-state index contributed by atoms with van der Waals surface area (Å²) in [5, 5.41) is 0. The lowest BCUT2D eigenvalue weighted by Gasteiger charge is -2.39. The maximum atomic E-state index is 4.35. The van der Waals surface area contributed by atoms with E-state index in [1.165, 1.54) is 5.82 Å². The zero-order valence-corrected chi connectivity index (χ0v) is 12.4. The predicted molar refractivity (Wildman–Crippen MR) is 77.0 cm³/mol. The monoisotopic (exact) mass is 321 g/mol. The van der Waals surface area contributed by atoms with Gasteiger partial charge in [0.05, 0.1) is 4.47 Å². The molecule has 0 saturated carbocycles. The zero-order valence-electron chi connectivity index (χ0n) is 10.8. The smallest absolute Gasteiger partial charge is 0.225 e. The molecule has 0 spiro atoms. The van der Waals surface area contributed by atoms with E-state index in [1.54, 1.807) is 12.4 Å². The molecule has 0 unspecified atom stereocenters. The SMILES string of the molecule is CCc1nccn1CC1CN(c2ncc(Br)cn2)C1. The van der Waals surface area contributed by atoms with Gasteiger partial charge in [-0.25, -0.2) is 15.0 Å². The van der Waals surface area contributed by atoms with Gasteiger partial charge in [-0.3, -0.25) is 0 Å². The number of hydrogen-bond donors (Lipinski definition) is 0. The summed E-state index contributed by atoms with van der Waals surface area (Å²) in [5.41, 5.74) is 0. The number of imidazole rings is 1. The first kappa shape index (κ1) is 12.6. The van der Waals surface area contributed by atoms with Gasteiger partial charge in [0.15, 0.2) is 0 Å². The Morgan fingerprint density at radius 3 is 2.68 bits per heavy atom. The molecule has 1 aliphatic rings. The number of anilines is 1. The minimum atomic E-state index is 0.659. The van der Waals surface area contributed by atoms with Crippen molar-refractivity contribution < 1.29 is 0 Å². The lowest BCUT2D eigenvalue weighted by Crippen LogP contribution is -2.49. The highest BCUT2D eigenvalue weighted by Gasteiger charge is 2.29. The second-order valence-electron chi connectivity index (χ2n) is 4.82. The Labute approximate surface area is 120 Å². The molecule has 2 aromatic rings. The van der Waals surface area contributed by atoms with Crippen LogP contribution in [0.4, 0.5) is 5.95 Å². The average Bonchev–Trinajstić information content (AvgIpc) is 2.82. The van der Waals surface area contributed by atoms with Crippen molar-refractivity contribution in [3.63, 3.8) is 0 Å². The maximum Gasteiger partial charge on any atom is 0.225 e. The number of aromatic nitrogens is 4. The van der Waals surface area contributed by atoms with Crippen LogP contribution in [0.3, 0.4) is 0 Å². The highest BCUT2D eigenvalue weighted by molar-refractivity contribution is 9.10. The van der Waals surface area contributed by atoms with Gasteiger partial charge in [-0.1, -0.05) is 6.92 Å². The molecule has 0 bridgehead atoms. The van der Waals surface area contributed by atoms with E-state index in [4.69, 9.17) is 0 Å². The molecule has 0 radical (unpaired) electrons. The van der Waals surface area contributed by atoms with E-state index in [0.29, 0.717) is 5.92 Å². The standard InChI is InChI=1S/C13H16BrN5/c1-2-12-15-3-4-18(12)7-10-8-19(9-10)13-16-5-11(14)6-17-13/h3-6,10H,2,7-9H2,1H3. The molecule has 1 fully saturated rings. The summed E-state index contributed by atoms with van der Waals surface area (Å²) in [6.07, 6.45) is 8.52. The minimum absolute atomic E-state index is 0.659. The molecule has 0 N–H and O–H groups in total. The molecule has 3 rings (SSSR count). The molecule has 1 saturated heterocycles. The van der Waals surface area contributed by atoms with Crippen LogP contribution in [0, 0.1) is 5.92 Å². The molecule has 0 aliphatic carbocycles. The van der Waals surface area contributed by atoms with Crippen molar-refractivity contribution in [1.82, 2.24) is 19.5 Å². The normalized spacial score (nSPS) is 15.6. The quantitative estimate of drug-likeness (QED) is 0.865. The summed E-state index contributed by atoms with van der Waals surface area (Å²) in [5.74, 6) is 2.64. The van der Waals surface area contributed by atoms with E-state index < -0.39 is 0 Å². The summed E-state index contributed by atoms with van der Waals surface area (Å²) in [4.78, 5) is 15.2. The number of hydrogen-bond acceptors (Lipinski definition) is 4.